The molecule has 0 aliphatic heterocycles. The third-order valence-electron chi connectivity index (χ3n) is 3.87. The van der Waals surface area contributed by atoms with Gasteiger partial charge in [0.2, 0.25) is 0 Å². The molecule has 1 rings (SSSR count). The first kappa shape index (κ1) is 17.3. The van der Waals surface area contributed by atoms with E-state index in [0.29, 0.717) is 6.04 Å². The fourth-order valence-electron chi connectivity index (χ4n) is 2.55. The lowest BCUT2D eigenvalue weighted by atomic mass is 10.1. The van der Waals surface area contributed by atoms with Gasteiger partial charge < -0.3 is 9.88 Å². The molecule has 1 heterocycles. The molecule has 0 fully saturated rings. The Morgan fingerprint density at radius 2 is 1.65 bits per heavy atom. The minimum Gasteiger partial charge on any atom is -0.350 e. The molecule has 0 saturated heterocycles. The maximum atomic E-state index is 3.50. The quantitative estimate of drug-likeness (QED) is 0.525. The zero-order valence-electron chi connectivity index (χ0n) is 13.8. The Bertz CT molecular complexity index is 328. The van der Waals surface area contributed by atoms with Crippen LogP contribution in [0.25, 0.3) is 0 Å². The van der Waals surface area contributed by atoms with E-state index in [9.17, 15) is 0 Å². The largest absolute Gasteiger partial charge is 0.350 e. The summed E-state index contributed by atoms with van der Waals surface area (Å²) in [6.07, 6.45) is 13.4. The van der Waals surface area contributed by atoms with E-state index in [4.69, 9.17) is 0 Å². The van der Waals surface area contributed by atoms with Gasteiger partial charge in [0.1, 0.15) is 0 Å². The highest BCUT2D eigenvalue weighted by atomic mass is 15.0. The van der Waals surface area contributed by atoms with Crippen LogP contribution in [-0.2, 0) is 13.1 Å². The van der Waals surface area contributed by atoms with Crippen LogP contribution in [0.4, 0.5) is 0 Å². The fraction of sp³-hybridized carbons (Fsp3) is 0.778. The first-order chi connectivity index (χ1) is 9.74. The standard InChI is InChI=1S/C18H34N2/c1-4-5-6-7-8-9-10-11-14-20-15-12-13-18(20)16-19-17(2)3/h12-13,15,17,19H,4-11,14,16H2,1-3H3. The molecule has 0 radical (unpaired) electrons. The SMILES string of the molecule is CCCCCCCCCCn1cccc1CNC(C)C. The molecule has 0 atom stereocenters. The second-order valence-corrected chi connectivity index (χ2v) is 6.20. The van der Waals surface area contributed by atoms with Gasteiger partial charge in [-0.05, 0) is 18.6 Å². The van der Waals surface area contributed by atoms with E-state index in [1.807, 2.05) is 0 Å². The molecular formula is C18H34N2. The van der Waals surface area contributed by atoms with Gasteiger partial charge in [-0.25, -0.2) is 0 Å². The topological polar surface area (TPSA) is 17.0 Å². The van der Waals surface area contributed by atoms with Gasteiger partial charge in [0.15, 0.2) is 0 Å². The molecule has 0 spiro atoms. The first-order valence-electron chi connectivity index (χ1n) is 8.61. The van der Waals surface area contributed by atoms with E-state index >= 15 is 0 Å². The van der Waals surface area contributed by atoms with E-state index in [1.54, 1.807) is 0 Å². The fourth-order valence-corrected chi connectivity index (χ4v) is 2.55. The first-order valence-corrected chi connectivity index (χ1v) is 8.61. The van der Waals surface area contributed by atoms with Crippen molar-refractivity contribution in [3.63, 3.8) is 0 Å². The Morgan fingerprint density at radius 1 is 1.00 bits per heavy atom. The molecule has 20 heavy (non-hydrogen) atoms. The number of aryl methyl sites for hydroxylation is 1. The highest BCUT2D eigenvalue weighted by Crippen LogP contribution is 2.10. The van der Waals surface area contributed by atoms with Crippen molar-refractivity contribution in [1.29, 1.82) is 0 Å². The summed E-state index contributed by atoms with van der Waals surface area (Å²) >= 11 is 0. The molecule has 1 aromatic heterocycles. The molecule has 0 amide bonds. The van der Waals surface area contributed by atoms with Crippen LogP contribution >= 0.6 is 0 Å². The van der Waals surface area contributed by atoms with Gasteiger partial charge in [0.25, 0.3) is 0 Å². The third-order valence-corrected chi connectivity index (χ3v) is 3.87. The summed E-state index contributed by atoms with van der Waals surface area (Å²) in [5.74, 6) is 0. The molecule has 1 N–H and O–H groups in total. The minimum atomic E-state index is 0.557. The van der Waals surface area contributed by atoms with E-state index in [-0.39, 0.29) is 0 Å². The van der Waals surface area contributed by atoms with Crippen LogP contribution in [0.3, 0.4) is 0 Å². The Labute approximate surface area is 126 Å². The summed E-state index contributed by atoms with van der Waals surface area (Å²) in [5, 5.41) is 3.50. The van der Waals surface area contributed by atoms with Gasteiger partial charge in [-0.15, -0.1) is 0 Å². The van der Waals surface area contributed by atoms with Crippen LogP contribution in [0.15, 0.2) is 18.3 Å². The number of unbranched alkanes of at least 4 members (excludes halogenated alkanes) is 7. The number of aromatic nitrogens is 1. The molecule has 116 valence electrons. The molecule has 2 nitrogen and oxygen atoms in total. The smallest absolute Gasteiger partial charge is 0.0361 e. The number of hydrogen-bond acceptors (Lipinski definition) is 1. The third kappa shape index (κ3) is 7.74. The molecule has 2 heteroatoms. The van der Waals surface area contributed by atoms with Gasteiger partial charge in [-0.3, -0.25) is 0 Å². The lowest BCUT2D eigenvalue weighted by Crippen LogP contribution is -2.23. The van der Waals surface area contributed by atoms with Crippen molar-refractivity contribution in [2.75, 3.05) is 0 Å². The Balaban J connectivity index is 2.08. The van der Waals surface area contributed by atoms with Crippen molar-refractivity contribution >= 4 is 0 Å². The Morgan fingerprint density at radius 3 is 2.30 bits per heavy atom. The van der Waals surface area contributed by atoms with Crippen LogP contribution in [0.5, 0.6) is 0 Å². The summed E-state index contributed by atoms with van der Waals surface area (Å²) < 4.78 is 2.41. The van der Waals surface area contributed by atoms with E-state index < -0.39 is 0 Å². The van der Waals surface area contributed by atoms with Gasteiger partial charge >= 0.3 is 0 Å². The van der Waals surface area contributed by atoms with Crippen molar-refractivity contribution in [3.8, 4) is 0 Å². The maximum Gasteiger partial charge on any atom is 0.0361 e. The van der Waals surface area contributed by atoms with E-state index in [2.05, 4.69) is 49.0 Å². The van der Waals surface area contributed by atoms with Gasteiger partial charge in [0, 0.05) is 31.0 Å². The minimum absolute atomic E-state index is 0.557. The second-order valence-electron chi connectivity index (χ2n) is 6.20. The van der Waals surface area contributed by atoms with Crippen LogP contribution in [0.2, 0.25) is 0 Å². The van der Waals surface area contributed by atoms with Crippen molar-refractivity contribution in [2.45, 2.75) is 91.3 Å². The number of nitrogens with one attached hydrogen (secondary N) is 1. The zero-order chi connectivity index (χ0) is 14.6. The highest BCUT2D eigenvalue weighted by molar-refractivity contribution is 5.06. The summed E-state index contributed by atoms with van der Waals surface area (Å²) in [6, 6.07) is 4.96. The van der Waals surface area contributed by atoms with Crippen LogP contribution in [0, 0.1) is 0 Å². The highest BCUT2D eigenvalue weighted by Gasteiger charge is 2.01. The van der Waals surface area contributed by atoms with Crippen molar-refractivity contribution in [3.05, 3.63) is 24.0 Å². The van der Waals surface area contributed by atoms with Gasteiger partial charge in [0.05, 0.1) is 0 Å². The molecule has 0 aromatic carbocycles. The summed E-state index contributed by atoms with van der Waals surface area (Å²) in [4.78, 5) is 0. The van der Waals surface area contributed by atoms with E-state index in [1.165, 1.54) is 63.6 Å². The maximum absolute atomic E-state index is 3.50. The monoisotopic (exact) mass is 278 g/mol. The molecular weight excluding hydrogens is 244 g/mol. The molecule has 0 aliphatic rings. The predicted octanol–water partition coefficient (Wildman–Crippen LogP) is 5.13. The summed E-state index contributed by atoms with van der Waals surface area (Å²) in [6.45, 7) is 8.85. The number of rotatable bonds is 12. The lowest BCUT2D eigenvalue weighted by Gasteiger charge is -2.12. The van der Waals surface area contributed by atoms with Crippen LogP contribution in [-0.4, -0.2) is 10.6 Å². The normalized spacial score (nSPS) is 11.4. The number of hydrogen-bond donors (Lipinski definition) is 1. The average molecular weight is 278 g/mol. The molecule has 1 aromatic rings. The lowest BCUT2D eigenvalue weighted by molar-refractivity contribution is 0.519. The van der Waals surface area contributed by atoms with Crippen molar-refractivity contribution in [2.24, 2.45) is 0 Å². The zero-order valence-corrected chi connectivity index (χ0v) is 13.8. The molecule has 0 aliphatic carbocycles. The number of nitrogens with zero attached hydrogens (tertiary/aromatic N) is 1. The molecule has 0 unspecified atom stereocenters. The average Bonchev–Trinajstić information content (AvgIpc) is 2.87. The summed E-state index contributed by atoms with van der Waals surface area (Å²) in [7, 11) is 0. The van der Waals surface area contributed by atoms with E-state index in [0.717, 1.165) is 6.54 Å². The molecule has 0 bridgehead atoms. The van der Waals surface area contributed by atoms with Crippen molar-refractivity contribution < 1.29 is 0 Å². The molecule has 0 saturated carbocycles. The van der Waals surface area contributed by atoms with Gasteiger partial charge in [-0.2, -0.15) is 0 Å². The summed E-state index contributed by atoms with van der Waals surface area (Å²) in [5.41, 5.74) is 1.42. The van der Waals surface area contributed by atoms with Crippen molar-refractivity contribution in [1.82, 2.24) is 9.88 Å². The predicted molar refractivity (Wildman–Crippen MR) is 89.0 cm³/mol. The second kappa shape index (κ2) is 11.0. The van der Waals surface area contributed by atoms with Crippen LogP contribution < -0.4 is 5.32 Å². The van der Waals surface area contributed by atoms with Crippen LogP contribution in [0.1, 0.15) is 77.8 Å². The van der Waals surface area contributed by atoms with Gasteiger partial charge in [-0.1, -0.05) is 65.7 Å². The Hall–Kier alpha value is -0.760. The Kier molecular flexibility index (Phi) is 9.48.